The summed E-state index contributed by atoms with van der Waals surface area (Å²) in [7, 11) is 0. The highest BCUT2D eigenvalue weighted by Crippen LogP contribution is 2.33. The highest BCUT2D eigenvalue weighted by Gasteiger charge is 2.42. The first-order valence-electron chi connectivity index (χ1n) is 7.33. The third-order valence-corrected chi connectivity index (χ3v) is 5.77. The number of urea groups is 1. The standard InChI is InChI=1S/C14H24N2O2S/c1-3-9(2)11(17)6-4-5-7-12-13-10(8-19-12)15-14(18)16-13/h9-10,12-13H,3-8H2,1-2H3,(H2,15,16,18). The minimum Gasteiger partial charge on any atom is -0.332 e. The van der Waals surface area contributed by atoms with Crippen LogP contribution in [0.1, 0.15) is 46.0 Å². The Bertz CT molecular complexity index is 348. The fraction of sp³-hybridized carbons (Fsp3) is 0.857. The smallest absolute Gasteiger partial charge is 0.315 e. The van der Waals surface area contributed by atoms with E-state index in [1.54, 1.807) is 0 Å². The summed E-state index contributed by atoms with van der Waals surface area (Å²) in [6.45, 7) is 4.08. The Balaban J connectivity index is 1.64. The zero-order chi connectivity index (χ0) is 13.8. The fourth-order valence-electron chi connectivity index (χ4n) is 2.76. The number of nitrogens with one attached hydrogen (secondary N) is 2. The Labute approximate surface area is 119 Å². The first-order chi connectivity index (χ1) is 9.11. The maximum absolute atomic E-state index is 11.7. The van der Waals surface area contributed by atoms with E-state index < -0.39 is 0 Å². The summed E-state index contributed by atoms with van der Waals surface area (Å²) in [5.74, 6) is 1.62. The van der Waals surface area contributed by atoms with E-state index in [1.165, 1.54) is 0 Å². The van der Waals surface area contributed by atoms with Crippen molar-refractivity contribution in [1.29, 1.82) is 0 Å². The van der Waals surface area contributed by atoms with Crippen LogP contribution in [0, 0.1) is 5.92 Å². The van der Waals surface area contributed by atoms with Gasteiger partial charge in [-0.05, 0) is 19.3 Å². The molecular formula is C14H24N2O2S. The third kappa shape index (κ3) is 3.65. The normalized spacial score (nSPS) is 30.6. The van der Waals surface area contributed by atoms with Crippen LogP contribution in [-0.2, 0) is 4.79 Å². The van der Waals surface area contributed by atoms with Crippen LogP contribution in [0.2, 0.25) is 0 Å². The van der Waals surface area contributed by atoms with Gasteiger partial charge in [0.1, 0.15) is 5.78 Å². The summed E-state index contributed by atoms with van der Waals surface area (Å²) in [6, 6.07) is 0.583. The third-order valence-electron chi connectivity index (χ3n) is 4.26. The molecule has 4 nitrogen and oxygen atoms in total. The van der Waals surface area contributed by atoms with E-state index in [4.69, 9.17) is 0 Å². The van der Waals surface area contributed by atoms with Crippen LogP contribution in [0.3, 0.4) is 0 Å². The fourth-order valence-corrected chi connectivity index (χ4v) is 4.31. The number of fused-ring (bicyclic) bond motifs is 1. The van der Waals surface area contributed by atoms with Crippen LogP contribution in [0.4, 0.5) is 4.79 Å². The summed E-state index contributed by atoms with van der Waals surface area (Å²) in [4.78, 5) is 23.0. The van der Waals surface area contributed by atoms with Gasteiger partial charge in [0.25, 0.3) is 0 Å². The first-order valence-corrected chi connectivity index (χ1v) is 8.38. The summed E-state index contributed by atoms with van der Waals surface area (Å²) < 4.78 is 0. The van der Waals surface area contributed by atoms with Gasteiger partial charge in [-0.2, -0.15) is 11.8 Å². The van der Waals surface area contributed by atoms with E-state index in [1.807, 2.05) is 18.7 Å². The van der Waals surface area contributed by atoms with Gasteiger partial charge in [0.05, 0.1) is 12.1 Å². The summed E-state index contributed by atoms with van der Waals surface area (Å²) in [5.41, 5.74) is 0. The van der Waals surface area contributed by atoms with Gasteiger partial charge in [0.2, 0.25) is 0 Å². The largest absolute Gasteiger partial charge is 0.332 e. The van der Waals surface area contributed by atoms with Crippen molar-refractivity contribution in [2.24, 2.45) is 5.92 Å². The predicted molar refractivity (Wildman–Crippen MR) is 78.4 cm³/mol. The van der Waals surface area contributed by atoms with E-state index in [2.05, 4.69) is 17.6 Å². The molecule has 0 radical (unpaired) electrons. The van der Waals surface area contributed by atoms with Crippen molar-refractivity contribution in [1.82, 2.24) is 10.6 Å². The molecule has 2 saturated heterocycles. The van der Waals surface area contributed by atoms with Crippen molar-refractivity contribution >= 4 is 23.6 Å². The molecular weight excluding hydrogens is 260 g/mol. The second-order valence-electron chi connectivity index (χ2n) is 5.64. The van der Waals surface area contributed by atoms with Gasteiger partial charge in [-0.15, -0.1) is 0 Å². The molecule has 0 spiro atoms. The molecule has 0 aliphatic carbocycles. The van der Waals surface area contributed by atoms with Gasteiger partial charge in [0, 0.05) is 23.3 Å². The topological polar surface area (TPSA) is 58.2 Å². The first kappa shape index (κ1) is 14.7. The minimum absolute atomic E-state index is 0.0211. The molecule has 4 atom stereocenters. The Hall–Kier alpha value is -0.710. The molecule has 108 valence electrons. The number of unbranched alkanes of at least 4 members (excludes halogenated alkanes) is 1. The number of thioether (sulfide) groups is 1. The molecule has 0 aromatic rings. The van der Waals surface area contributed by atoms with E-state index in [-0.39, 0.29) is 11.9 Å². The number of hydrogen-bond donors (Lipinski definition) is 2. The lowest BCUT2D eigenvalue weighted by molar-refractivity contribution is -0.122. The van der Waals surface area contributed by atoms with Gasteiger partial charge in [-0.25, -0.2) is 4.79 Å². The van der Waals surface area contributed by atoms with Crippen LogP contribution in [0.25, 0.3) is 0 Å². The van der Waals surface area contributed by atoms with Crippen molar-refractivity contribution in [2.45, 2.75) is 63.3 Å². The lowest BCUT2D eigenvalue weighted by atomic mass is 9.97. The Morgan fingerprint density at radius 2 is 2.21 bits per heavy atom. The van der Waals surface area contributed by atoms with Crippen molar-refractivity contribution < 1.29 is 9.59 Å². The average molecular weight is 284 g/mol. The van der Waals surface area contributed by atoms with Gasteiger partial charge in [-0.1, -0.05) is 20.3 Å². The maximum Gasteiger partial charge on any atom is 0.315 e. The van der Waals surface area contributed by atoms with Crippen molar-refractivity contribution in [3.63, 3.8) is 0 Å². The molecule has 0 saturated carbocycles. The molecule has 0 aromatic heterocycles. The second kappa shape index (κ2) is 6.64. The van der Waals surface area contributed by atoms with Gasteiger partial charge in [0.15, 0.2) is 0 Å². The molecule has 2 rings (SSSR count). The lowest BCUT2D eigenvalue weighted by Gasteiger charge is -2.16. The Morgan fingerprint density at radius 1 is 1.42 bits per heavy atom. The van der Waals surface area contributed by atoms with Crippen molar-refractivity contribution in [2.75, 3.05) is 5.75 Å². The monoisotopic (exact) mass is 284 g/mol. The molecule has 2 heterocycles. The number of amides is 2. The molecule has 19 heavy (non-hydrogen) atoms. The zero-order valence-corrected chi connectivity index (χ0v) is 12.6. The quantitative estimate of drug-likeness (QED) is 0.557. The molecule has 2 fully saturated rings. The maximum atomic E-state index is 11.7. The van der Waals surface area contributed by atoms with Crippen LogP contribution in [0.15, 0.2) is 0 Å². The predicted octanol–water partition coefficient (Wildman–Crippen LogP) is 2.33. The molecule has 2 aliphatic heterocycles. The molecule has 0 aromatic carbocycles. The number of rotatable bonds is 7. The number of ketones is 1. The van der Waals surface area contributed by atoms with Crippen molar-refractivity contribution in [3.05, 3.63) is 0 Å². The van der Waals surface area contributed by atoms with Crippen LogP contribution < -0.4 is 10.6 Å². The Morgan fingerprint density at radius 3 is 2.95 bits per heavy atom. The summed E-state index contributed by atoms with van der Waals surface area (Å²) in [6.07, 6.45) is 4.82. The zero-order valence-electron chi connectivity index (χ0n) is 11.8. The van der Waals surface area contributed by atoms with Gasteiger partial charge < -0.3 is 10.6 Å². The molecule has 4 unspecified atom stereocenters. The van der Waals surface area contributed by atoms with Crippen LogP contribution in [0.5, 0.6) is 0 Å². The average Bonchev–Trinajstić information content (AvgIpc) is 2.93. The van der Waals surface area contributed by atoms with E-state index in [0.29, 0.717) is 29.5 Å². The molecule has 0 bridgehead atoms. The molecule has 2 amide bonds. The number of Topliss-reactive ketones (excluding diaryl/α,β-unsaturated/α-hetero) is 1. The SMILES string of the molecule is CCC(C)C(=O)CCCCC1SCC2NC(=O)NC21. The number of hydrogen-bond acceptors (Lipinski definition) is 3. The minimum atomic E-state index is -0.0211. The van der Waals surface area contributed by atoms with E-state index in [9.17, 15) is 9.59 Å². The highest BCUT2D eigenvalue weighted by atomic mass is 32.2. The highest BCUT2D eigenvalue weighted by molar-refractivity contribution is 8.00. The second-order valence-corrected chi connectivity index (χ2v) is 6.92. The summed E-state index contributed by atoms with van der Waals surface area (Å²) >= 11 is 1.94. The molecule has 5 heteroatoms. The lowest BCUT2D eigenvalue weighted by Crippen LogP contribution is -2.36. The van der Waals surface area contributed by atoms with E-state index >= 15 is 0 Å². The number of carbonyl (C=O) groups is 2. The van der Waals surface area contributed by atoms with Crippen molar-refractivity contribution in [3.8, 4) is 0 Å². The summed E-state index contributed by atoms with van der Waals surface area (Å²) in [5, 5.41) is 6.47. The van der Waals surface area contributed by atoms with Crippen LogP contribution in [-0.4, -0.2) is 34.9 Å². The Kier molecular flexibility index (Phi) is 5.13. The molecule has 2 N–H and O–H groups in total. The molecule has 2 aliphatic rings. The van der Waals surface area contributed by atoms with Gasteiger partial charge in [-0.3, -0.25) is 4.79 Å². The van der Waals surface area contributed by atoms with Gasteiger partial charge >= 0.3 is 6.03 Å². The van der Waals surface area contributed by atoms with E-state index in [0.717, 1.165) is 31.4 Å². The van der Waals surface area contributed by atoms with Crippen LogP contribution >= 0.6 is 11.8 Å². The number of carbonyl (C=O) groups excluding carboxylic acids is 2.